The highest BCUT2D eigenvalue weighted by Gasteiger charge is 2.19. The fourth-order valence-corrected chi connectivity index (χ4v) is 2.40. The van der Waals surface area contributed by atoms with Gasteiger partial charge in [0, 0.05) is 24.3 Å². The monoisotopic (exact) mass is 298 g/mol. The number of nitrogen functional groups attached to an aromatic ring is 1. The summed E-state index contributed by atoms with van der Waals surface area (Å²) in [7, 11) is 3.47. The summed E-state index contributed by atoms with van der Waals surface area (Å²) in [6.07, 6.45) is 0.731. The number of hydrogen-bond acceptors (Lipinski definition) is 3. The quantitative estimate of drug-likeness (QED) is 0.863. The van der Waals surface area contributed by atoms with Crippen LogP contribution in [0.2, 0.25) is 0 Å². The van der Waals surface area contributed by atoms with Crippen LogP contribution in [0.3, 0.4) is 0 Å². The summed E-state index contributed by atoms with van der Waals surface area (Å²) in [6, 6.07) is 15.0. The highest BCUT2D eigenvalue weighted by molar-refractivity contribution is 5.95. The molecule has 2 aromatic rings. The molecule has 22 heavy (non-hydrogen) atoms. The van der Waals surface area contributed by atoms with Crippen molar-refractivity contribution in [1.29, 1.82) is 0 Å². The molecule has 0 spiro atoms. The van der Waals surface area contributed by atoms with E-state index in [-0.39, 0.29) is 11.9 Å². The van der Waals surface area contributed by atoms with Crippen molar-refractivity contribution in [3.8, 4) is 5.75 Å². The average molecular weight is 298 g/mol. The highest BCUT2D eigenvalue weighted by Crippen LogP contribution is 2.21. The van der Waals surface area contributed by atoms with Crippen molar-refractivity contribution in [3.63, 3.8) is 0 Å². The predicted molar refractivity (Wildman–Crippen MR) is 89.1 cm³/mol. The van der Waals surface area contributed by atoms with Crippen LogP contribution in [0.25, 0.3) is 0 Å². The molecular formula is C18H22N2O2. The van der Waals surface area contributed by atoms with Crippen molar-refractivity contribution in [1.82, 2.24) is 4.90 Å². The maximum absolute atomic E-state index is 12.5. The third kappa shape index (κ3) is 3.58. The van der Waals surface area contributed by atoms with Crippen molar-refractivity contribution in [2.24, 2.45) is 0 Å². The lowest BCUT2D eigenvalue weighted by Gasteiger charge is -2.26. The van der Waals surface area contributed by atoms with Crippen molar-refractivity contribution in [3.05, 3.63) is 59.7 Å². The highest BCUT2D eigenvalue weighted by atomic mass is 16.5. The van der Waals surface area contributed by atoms with Gasteiger partial charge in [-0.3, -0.25) is 4.79 Å². The van der Waals surface area contributed by atoms with E-state index < -0.39 is 0 Å². The Kier molecular flexibility index (Phi) is 5.04. The number of carbonyl (C=O) groups is 1. The first-order valence-corrected chi connectivity index (χ1v) is 7.27. The van der Waals surface area contributed by atoms with Gasteiger partial charge in [-0.2, -0.15) is 0 Å². The molecular weight excluding hydrogens is 276 g/mol. The minimum absolute atomic E-state index is 0.0327. The Bertz CT molecular complexity index is 655. The molecule has 116 valence electrons. The van der Waals surface area contributed by atoms with Crippen molar-refractivity contribution in [2.75, 3.05) is 19.9 Å². The first-order valence-electron chi connectivity index (χ1n) is 7.27. The van der Waals surface area contributed by atoms with Crippen LogP contribution in [-0.2, 0) is 6.42 Å². The van der Waals surface area contributed by atoms with Crippen molar-refractivity contribution < 1.29 is 9.53 Å². The van der Waals surface area contributed by atoms with Crippen LogP contribution >= 0.6 is 0 Å². The van der Waals surface area contributed by atoms with Gasteiger partial charge in [-0.1, -0.05) is 24.3 Å². The van der Waals surface area contributed by atoms with E-state index in [9.17, 15) is 4.79 Å². The number of hydrogen-bond donors (Lipinski definition) is 1. The second-order valence-corrected chi connectivity index (χ2v) is 5.41. The topological polar surface area (TPSA) is 55.6 Å². The number of nitrogens with zero attached hydrogens (tertiary/aromatic N) is 1. The molecule has 0 aliphatic carbocycles. The van der Waals surface area contributed by atoms with Crippen LogP contribution in [-0.4, -0.2) is 31.0 Å². The second-order valence-electron chi connectivity index (χ2n) is 5.41. The molecule has 1 amide bonds. The van der Waals surface area contributed by atoms with Gasteiger partial charge in [-0.25, -0.2) is 0 Å². The first-order chi connectivity index (χ1) is 10.5. The van der Waals surface area contributed by atoms with Gasteiger partial charge in [0.05, 0.1) is 7.11 Å². The Morgan fingerprint density at radius 3 is 2.64 bits per heavy atom. The van der Waals surface area contributed by atoms with E-state index in [1.54, 1.807) is 36.3 Å². The van der Waals surface area contributed by atoms with E-state index >= 15 is 0 Å². The zero-order valence-electron chi connectivity index (χ0n) is 13.2. The third-order valence-electron chi connectivity index (χ3n) is 3.82. The van der Waals surface area contributed by atoms with E-state index in [1.165, 1.54) is 0 Å². The summed E-state index contributed by atoms with van der Waals surface area (Å²) in [4.78, 5) is 14.3. The number of nitrogens with two attached hydrogens (primary N) is 1. The Balaban J connectivity index is 2.11. The molecule has 4 nitrogen and oxygen atoms in total. The Hall–Kier alpha value is -2.49. The first kappa shape index (κ1) is 15.9. The van der Waals surface area contributed by atoms with Crippen LogP contribution in [0.1, 0.15) is 22.8 Å². The summed E-state index contributed by atoms with van der Waals surface area (Å²) in [5.41, 5.74) is 8.03. The van der Waals surface area contributed by atoms with Gasteiger partial charge < -0.3 is 15.4 Å². The van der Waals surface area contributed by atoms with Crippen molar-refractivity contribution in [2.45, 2.75) is 19.4 Å². The van der Waals surface area contributed by atoms with E-state index in [1.807, 2.05) is 38.2 Å². The molecule has 2 rings (SSSR count). The molecule has 0 aliphatic heterocycles. The second kappa shape index (κ2) is 6.98. The summed E-state index contributed by atoms with van der Waals surface area (Å²) >= 11 is 0. The van der Waals surface area contributed by atoms with Crippen LogP contribution < -0.4 is 10.5 Å². The molecule has 1 unspecified atom stereocenters. The minimum atomic E-state index is -0.0327. The normalized spacial score (nSPS) is 11.8. The van der Waals surface area contributed by atoms with Crippen molar-refractivity contribution >= 4 is 11.6 Å². The van der Waals surface area contributed by atoms with Gasteiger partial charge in [0.1, 0.15) is 5.75 Å². The number of methoxy groups -OCH3 is 1. The zero-order chi connectivity index (χ0) is 16.1. The number of benzene rings is 2. The van der Waals surface area contributed by atoms with Crippen LogP contribution in [0.15, 0.2) is 48.5 Å². The predicted octanol–water partition coefficient (Wildman–Crippen LogP) is 2.98. The maximum Gasteiger partial charge on any atom is 0.253 e. The van der Waals surface area contributed by atoms with Gasteiger partial charge >= 0.3 is 0 Å². The zero-order valence-corrected chi connectivity index (χ0v) is 13.2. The van der Waals surface area contributed by atoms with Crippen LogP contribution in [0, 0.1) is 0 Å². The smallest absolute Gasteiger partial charge is 0.253 e. The maximum atomic E-state index is 12.5. The lowest BCUT2D eigenvalue weighted by atomic mass is 10.0. The van der Waals surface area contributed by atoms with Gasteiger partial charge in [0.15, 0.2) is 0 Å². The molecule has 0 radical (unpaired) electrons. The molecule has 0 aromatic heterocycles. The minimum Gasteiger partial charge on any atom is -0.496 e. The molecule has 0 bridgehead atoms. The van der Waals surface area contributed by atoms with Crippen LogP contribution in [0.5, 0.6) is 5.75 Å². The number of para-hydroxylation sites is 1. The molecule has 2 aromatic carbocycles. The molecule has 2 N–H and O–H groups in total. The fourth-order valence-electron chi connectivity index (χ4n) is 2.40. The van der Waals surface area contributed by atoms with E-state index in [2.05, 4.69) is 0 Å². The molecule has 0 saturated heterocycles. The summed E-state index contributed by atoms with van der Waals surface area (Å²) < 4.78 is 5.37. The van der Waals surface area contributed by atoms with Gasteiger partial charge in [0.2, 0.25) is 0 Å². The van der Waals surface area contributed by atoms with Crippen LogP contribution in [0.4, 0.5) is 5.69 Å². The molecule has 0 fully saturated rings. The number of ether oxygens (including phenoxy) is 1. The lowest BCUT2D eigenvalue weighted by Crippen LogP contribution is -2.36. The number of amides is 1. The molecule has 0 saturated carbocycles. The molecule has 0 heterocycles. The largest absolute Gasteiger partial charge is 0.496 e. The Morgan fingerprint density at radius 2 is 1.95 bits per heavy atom. The summed E-state index contributed by atoms with van der Waals surface area (Å²) in [5.74, 6) is 0.814. The van der Waals surface area contributed by atoms with Gasteiger partial charge in [-0.05, 0) is 43.2 Å². The number of likely N-dealkylation sites (N-methyl/N-ethyl adjacent to an activating group) is 1. The summed E-state index contributed by atoms with van der Waals surface area (Å²) in [5, 5.41) is 0. The van der Waals surface area contributed by atoms with Gasteiger partial charge in [-0.15, -0.1) is 0 Å². The fraction of sp³-hybridized carbons (Fsp3) is 0.278. The summed E-state index contributed by atoms with van der Waals surface area (Å²) in [6.45, 7) is 2.02. The van der Waals surface area contributed by atoms with E-state index in [0.717, 1.165) is 17.7 Å². The number of carbonyl (C=O) groups excluding carboxylic acids is 1. The lowest BCUT2D eigenvalue weighted by molar-refractivity contribution is 0.0743. The standard InChI is InChI=1S/C18H22N2O2/c1-13(11-14-7-4-5-10-17(14)22-3)20(2)18(21)15-8-6-9-16(19)12-15/h4-10,12-13H,11,19H2,1-3H3. The third-order valence-corrected chi connectivity index (χ3v) is 3.82. The SMILES string of the molecule is COc1ccccc1CC(C)N(C)C(=O)c1cccc(N)c1. The van der Waals surface area contributed by atoms with E-state index in [0.29, 0.717) is 11.3 Å². The molecule has 4 heteroatoms. The number of rotatable bonds is 5. The van der Waals surface area contributed by atoms with E-state index in [4.69, 9.17) is 10.5 Å². The van der Waals surface area contributed by atoms with Gasteiger partial charge in [0.25, 0.3) is 5.91 Å². The molecule has 1 atom stereocenters. The molecule has 0 aliphatic rings. The Labute approximate surface area is 131 Å². The number of anilines is 1. The average Bonchev–Trinajstić information content (AvgIpc) is 2.54. The Morgan fingerprint density at radius 1 is 1.23 bits per heavy atom.